The van der Waals surface area contributed by atoms with E-state index in [1.165, 1.54) is 13.3 Å². The molecule has 3 unspecified atom stereocenters. The van der Waals surface area contributed by atoms with Crippen LogP contribution in [0.4, 0.5) is 0 Å². The number of hydrogen-bond donors (Lipinski definition) is 2. The van der Waals surface area contributed by atoms with Crippen LogP contribution in [0.2, 0.25) is 0 Å². The van der Waals surface area contributed by atoms with E-state index in [0.717, 1.165) is 44.1 Å². The third-order valence-corrected chi connectivity index (χ3v) is 6.57. The van der Waals surface area contributed by atoms with Gasteiger partial charge in [0, 0.05) is 13.5 Å². The molecule has 1 aliphatic heterocycles. The molecule has 0 saturated heterocycles. The molecule has 2 fully saturated rings. The lowest BCUT2D eigenvalue weighted by Gasteiger charge is -2.38. The van der Waals surface area contributed by atoms with E-state index in [1.54, 1.807) is 0 Å². The lowest BCUT2D eigenvalue weighted by atomic mass is 9.70. The zero-order valence-corrected chi connectivity index (χ0v) is 15.6. The fourth-order valence-electron chi connectivity index (χ4n) is 4.98. The van der Waals surface area contributed by atoms with Gasteiger partial charge in [-0.25, -0.2) is 0 Å². The minimum absolute atomic E-state index is 0.0513. The smallest absolute Gasteiger partial charge is 0.307 e. The van der Waals surface area contributed by atoms with Crippen molar-refractivity contribution in [1.29, 1.82) is 0 Å². The lowest BCUT2D eigenvalue weighted by molar-refractivity contribution is -0.138. The number of aliphatic hydroxyl groups is 1. The number of hydrogen-bond acceptors (Lipinski definition) is 4. The average molecular weight is 349 g/mol. The summed E-state index contributed by atoms with van der Waals surface area (Å²) in [4.78, 5) is 24.7. The van der Waals surface area contributed by atoms with Crippen molar-refractivity contribution >= 4 is 11.9 Å². The van der Waals surface area contributed by atoms with Crippen molar-refractivity contribution in [2.24, 2.45) is 23.7 Å². The highest BCUT2D eigenvalue weighted by molar-refractivity contribution is 5.99. The van der Waals surface area contributed by atoms with Crippen molar-refractivity contribution in [3.8, 4) is 0 Å². The molecule has 0 bridgehead atoms. The first-order valence-electron chi connectivity index (χ1n) is 9.72. The van der Waals surface area contributed by atoms with Gasteiger partial charge in [0.1, 0.15) is 5.76 Å². The number of carbonyl (C=O) groups excluding carboxylic acids is 2. The standard InChI is InChI=1S/C20H31NO4/c1-12-4-5-13(2)16(10-12)17-18(25-14(3)23)20(21-19(17)24)8-6-15(11-22)7-9-20/h12-13,15-16,22H,4-11H2,1-3H3,(H,21,24). The Morgan fingerprint density at radius 1 is 1.24 bits per heavy atom. The van der Waals surface area contributed by atoms with E-state index in [0.29, 0.717) is 17.6 Å². The topological polar surface area (TPSA) is 75.6 Å². The van der Waals surface area contributed by atoms with Crippen molar-refractivity contribution in [2.45, 2.75) is 71.3 Å². The Kier molecular flexibility index (Phi) is 5.24. The minimum atomic E-state index is -0.551. The van der Waals surface area contributed by atoms with Crippen LogP contribution in [0.1, 0.15) is 65.7 Å². The van der Waals surface area contributed by atoms with Gasteiger partial charge in [-0.3, -0.25) is 9.59 Å². The molecule has 1 heterocycles. The number of esters is 1. The fraction of sp³-hybridized carbons (Fsp3) is 0.800. The molecule has 0 aromatic heterocycles. The summed E-state index contributed by atoms with van der Waals surface area (Å²) in [5, 5.41) is 12.6. The third-order valence-electron chi connectivity index (χ3n) is 6.57. The molecular weight excluding hydrogens is 318 g/mol. The summed E-state index contributed by atoms with van der Waals surface area (Å²) < 4.78 is 5.69. The first-order valence-corrected chi connectivity index (χ1v) is 9.72. The minimum Gasteiger partial charge on any atom is -0.428 e. The highest BCUT2D eigenvalue weighted by atomic mass is 16.5. The fourth-order valence-corrected chi connectivity index (χ4v) is 4.98. The van der Waals surface area contributed by atoms with E-state index in [1.807, 2.05) is 0 Å². The molecule has 25 heavy (non-hydrogen) atoms. The first kappa shape index (κ1) is 18.4. The van der Waals surface area contributed by atoms with Crippen LogP contribution in [0.15, 0.2) is 11.3 Å². The van der Waals surface area contributed by atoms with Crippen molar-refractivity contribution < 1.29 is 19.4 Å². The zero-order chi connectivity index (χ0) is 18.2. The van der Waals surface area contributed by atoms with Crippen LogP contribution >= 0.6 is 0 Å². The molecule has 3 aliphatic rings. The number of rotatable bonds is 3. The second kappa shape index (κ2) is 7.10. The van der Waals surface area contributed by atoms with Gasteiger partial charge < -0.3 is 15.2 Å². The monoisotopic (exact) mass is 349 g/mol. The third kappa shape index (κ3) is 3.48. The molecule has 5 nitrogen and oxygen atoms in total. The Bertz CT molecular complexity index is 574. The molecule has 1 spiro atoms. The summed E-state index contributed by atoms with van der Waals surface area (Å²) in [6.07, 6.45) is 6.41. The Labute approximate surface area is 150 Å². The van der Waals surface area contributed by atoms with Gasteiger partial charge in [-0.2, -0.15) is 0 Å². The van der Waals surface area contributed by atoms with Crippen molar-refractivity contribution in [2.75, 3.05) is 6.61 Å². The molecule has 140 valence electrons. The van der Waals surface area contributed by atoms with Gasteiger partial charge in [0.05, 0.1) is 11.1 Å². The molecule has 2 N–H and O–H groups in total. The van der Waals surface area contributed by atoms with Crippen LogP contribution < -0.4 is 5.32 Å². The van der Waals surface area contributed by atoms with Gasteiger partial charge >= 0.3 is 5.97 Å². The zero-order valence-electron chi connectivity index (χ0n) is 15.6. The van der Waals surface area contributed by atoms with Gasteiger partial charge in [-0.1, -0.05) is 20.3 Å². The molecule has 5 heteroatoms. The second-order valence-corrected chi connectivity index (χ2v) is 8.50. The SMILES string of the molecule is CC(=O)OC1=C(C2CC(C)CCC2C)C(=O)NC12CCC(CO)CC2. The average Bonchev–Trinajstić information content (AvgIpc) is 2.82. The lowest BCUT2D eigenvalue weighted by Crippen LogP contribution is -2.48. The van der Waals surface area contributed by atoms with Crippen molar-refractivity contribution in [3.63, 3.8) is 0 Å². The number of carbonyl (C=O) groups is 2. The van der Waals surface area contributed by atoms with E-state index in [4.69, 9.17) is 4.74 Å². The van der Waals surface area contributed by atoms with Crippen molar-refractivity contribution in [1.82, 2.24) is 5.32 Å². The summed E-state index contributed by atoms with van der Waals surface area (Å²) in [5.74, 6) is 1.63. The number of nitrogens with one attached hydrogen (secondary N) is 1. The van der Waals surface area contributed by atoms with Crippen LogP contribution in [0, 0.1) is 23.7 Å². The Morgan fingerprint density at radius 3 is 2.52 bits per heavy atom. The maximum absolute atomic E-state index is 12.9. The second-order valence-electron chi connectivity index (χ2n) is 8.50. The number of amides is 1. The van der Waals surface area contributed by atoms with Crippen LogP contribution in [0.3, 0.4) is 0 Å². The normalized spacial score (nSPS) is 38.8. The van der Waals surface area contributed by atoms with E-state index >= 15 is 0 Å². The Morgan fingerprint density at radius 2 is 1.92 bits per heavy atom. The highest BCUT2D eigenvalue weighted by Crippen LogP contribution is 2.47. The maximum Gasteiger partial charge on any atom is 0.307 e. The van der Waals surface area contributed by atoms with Gasteiger partial charge in [-0.05, 0) is 62.2 Å². The van der Waals surface area contributed by atoms with E-state index in [-0.39, 0.29) is 30.3 Å². The molecule has 3 atom stereocenters. The summed E-state index contributed by atoms with van der Waals surface area (Å²) in [6, 6.07) is 0. The summed E-state index contributed by atoms with van der Waals surface area (Å²) in [7, 11) is 0. The number of ether oxygens (including phenoxy) is 1. The van der Waals surface area contributed by atoms with Crippen LogP contribution in [0.25, 0.3) is 0 Å². The predicted molar refractivity (Wildman–Crippen MR) is 94.4 cm³/mol. The Hall–Kier alpha value is -1.36. The quantitative estimate of drug-likeness (QED) is 0.768. The van der Waals surface area contributed by atoms with E-state index in [9.17, 15) is 14.7 Å². The highest BCUT2D eigenvalue weighted by Gasteiger charge is 2.51. The molecule has 2 saturated carbocycles. The number of aliphatic hydroxyl groups excluding tert-OH is 1. The van der Waals surface area contributed by atoms with Gasteiger partial charge in [0.15, 0.2) is 0 Å². The predicted octanol–water partition coefficient (Wildman–Crippen LogP) is 2.93. The summed E-state index contributed by atoms with van der Waals surface area (Å²) in [5.41, 5.74) is 0.168. The molecule has 1 amide bonds. The molecule has 0 aromatic carbocycles. The molecule has 2 aliphatic carbocycles. The summed E-state index contributed by atoms with van der Waals surface area (Å²) >= 11 is 0. The Balaban J connectivity index is 1.97. The van der Waals surface area contributed by atoms with Crippen LogP contribution in [-0.2, 0) is 14.3 Å². The largest absolute Gasteiger partial charge is 0.428 e. The van der Waals surface area contributed by atoms with E-state index < -0.39 is 5.54 Å². The van der Waals surface area contributed by atoms with Crippen LogP contribution in [-0.4, -0.2) is 29.1 Å². The van der Waals surface area contributed by atoms with Gasteiger partial charge in [-0.15, -0.1) is 0 Å². The molecular formula is C20H31NO4. The maximum atomic E-state index is 12.9. The van der Waals surface area contributed by atoms with Crippen LogP contribution in [0.5, 0.6) is 0 Å². The first-order chi connectivity index (χ1) is 11.9. The van der Waals surface area contributed by atoms with Crippen molar-refractivity contribution in [3.05, 3.63) is 11.3 Å². The van der Waals surface area contributed by atoms with E-state index in [2.05, 4.69) is 19.2 Å². The molecule has 0 aromatic rings. The molecule has 3 rings (SSSR count). The molecule has 0 radical (unpaired) electrons. The summed E-state index contributed by atoms with van der Waals surface area (Å²) in [6.45, 7) is 6.03. The van der Waals surface area contributed by atoms with Gasteiger partial charge in [0.2, 0.25) is 0 Å². The van der Waals surface area contributed by atoms with Gasteiger partial charge in [0.25, 0.3) is 5.91 Å².